The number of hydrogen-bond acceptors (Lipinski definition) is 6. The number of fused-ring (bicyclic) bond motifs is 1. The predicted octanol–water partition coefficient (Wildman–Crippen LogP) is 5.11. The Kier molecular flexibility index (Phi) is 6.73. The van der Waals surface area contributed by atoms with Crippen LogP contribution in [-0.4, -0.2) is 34.9 Å². The van der Waals surface area contributed by atoms with Crippen molar-refractivity contribution < 1.29 is 24.2 Å². The van der Waals surface area contributed by atoms with Gasteiger partial charge in [0.2, 0.25) is 5.88 Å². The number of benzene rings is 3. The van der Waals surface area contributed by atoms with Gasteiger partial charge in [0, 0.05) is 23.1 Å². The van der Waals surface area contributed by atoms with Crippen LogP contribution in [-0.2, 0) is 0 Å². The van der Waals surface area contributed by atoms with Gasteiger partial charge in [-0.1, -0.05) is 30.3 Å². The molecule has 1 amide bonds. The molecule has 0 aliphatic carbocycles. The minimum absolute atomic E-state index is 0.0660. The summed E-state index contributed by atoms with van der Waals surface area (Å²) in [6.45, 7) is 4.34. The number of carbonyl (C=O) groups excluding carboxylic acids is 2. The summed E-state index contributed by atoms with van der Waals surface area (Å²) in [5, 5.41) is 14.2. The molecule has 7 nitrogen and oxygen atoms in total. The second kappa shape index (κ2) is 10.0. The molecular weight excluding hydrogens is 432 g/mol. The molecule has 1 aromatic heterocycles. The first-order valence-electron chi connectivity index (χ1n) is 11.0. The minimum atomic E-state index is -0.478. The van der Waals surface area contributed by atoms with Crippen molar-refractivity contribution in [3.63, 3.8) is 0 Å². The maximum Gasteiger partial charge on any atom is 0.273 e. The first-order valence-corrected chi connectivity index (χ1v) is 11.0. The molecule has 2 N–H and O–H groups in total. The summed E-state index contributed by atoms with van der Waals surface area (Å²) in [6.07, 6.45) is 0. The maximum atomic E-state index is 12.6. The van der Waals surface area contributed by atoms with Crippen LogP contribution in [0, 0.1) is 0 Å². The Labute approximate surface area is 197 Å². The van der Waals surface area contributed by atoms with E-state index in [2.05, 4.69) is 10.3 Å². The van der Waals surface area contributed by atoms with Crippen LogP contribution in [0.2, 0.25) is 0 Å². The molecule has 4 rings (SSSR count). The van der Waals surface area contributed by atoms with Crippen molar-refractivity contribution in [1.29, 1.82) is 0 Å². The van der Waals surface area contributed by atoms with Gasteiger partial charge in [0.1, 0.15) is 11.5 Å². The molecule has 0 unspecified atom stereocenters. The lowest BCUT2D eigenvalue weighted by molar-refractivity contribution is 0.0946. The first kappa shape index (κ1) is 22.8. The lowest BCUT2D eigenvalue weighted by Gasteiger charge is -2.13. The first-order chi connectivity index (χ1) is 16.5. The highest BCUT2D eigenvalue weighted by atomic mass is 16.5. The number of nitrogens with zero attached hydrogens (tertiary/aromatic N) is 1. The van der Waals surface area contributed by atoms with Gasteiger partial charge in [0.15, 0.2) is 17.2 Å². The largest absolute Gasteiger partial charge is 0.505 e. The normalized spacial score (nSPS) is 10.6. The third-order valence-electron chi connectivity index (χ3n) is 5.14. The van der Waals surface area contributed by atoms with Gasteiger partial charge in [-0.25, -0.2) is 4.98 Å². The zero-order valence-electron chi connectivity index (χ0n) is 18.9. The van der Waals surface area contributed by atoms with Crippen molar-refractivity contribution in [1.82, 2.24) is 10.3 Å². The van der Waals surface area contributed by atoms with Crippen LogP contribution in [0.15, 0.2) is 72.8 Å². The van der Waals surface area contributed by atoms with Crippen LogP contribution >= 0.6 is 0 Å². The summed E-state index contributed by atoms with van der Waals surface area (Å²) < 4.78 is 11.6. The highest BCUT2D eigenvalue weighted by molar-refractivity contribution is 6.09. The Balaban J connectivity index is 1.62. The van der Waals surface area contributed by atoms with Crippen LogP contribution in [0.1, 0.15) is 40.3 Å². The van der Waals surface area contributed by atoms with Crippen LogP contribution in [0.5, 0.6) is 23.1 Å². The lowest BCUT2D eigenvalue weighted by atomic mass is 10.0. The van der Waals surface area contributed by atoms with E-state index < -0.39 is 5.91 Å². The Morgan fingerprint density at radius 1 is 0.882 bits per heavy atom. The van der Waals surface area contributed by atoms with Gasteiger partial charge in [-0.05, 0) is 56.3 Å². The molecule has 0 radical (unpaired) electrons. The van der Waals surface area contributed by atoms with E-state index in [0.717, 1.165) is 0 Å². The number of hydrogen-bond donors (Lipinski definition) is 2. The predicted molar refractivity (Wildman–Crippen MR) is 129 cm³/mol. The number of ether oxygens (including phenoxy) is 2. The average Bonchev–Trinajstić information content (AvgIpc) is 2.86. The molecule has 0 saturated carbocycles. The number of rotatable bonds is 8. The van der Waals surface area contributed by atoms with Gasteiger partial charge in [-0.3, -0.25) is 9.59 Å². The molecule has 0 aliphatic heterocycles. The summed E-state index contributed by atoms with van der Waals surface area (Å²) in [5.74, 6) is 0.489. The molecule has 0 atom stereocenters. The SMILES string of the molecule is CCNC(=O)c1nc(OCC)c2cc(Oc3ccc(C(=O)c4ccccc4)cc3)ccc2c1O. The number of amides is 1. The van der Waals surface area contributed by atoms with Crippen LogP contribution in [0.25, 0.3) is 10.8 Å². The molecule has 7 heteroatoms. The summed E-state index contributed by atoms with van der Waals surface area (Å²) >= 11 is 0. The molecule has 172 valence electrons. The van der Waals surface area contributed by atoms with Crippen molar-refractivity contribution in [3.8, 4) is 23.1 Å². The monoisotopic (exact) mass is 456 g/mol. The van der Waals surface area contributed by atoms with Crippen molar-refractivity contribution in [3.05, 3.63) is 89.6 Å². The minimum Gasteiger partial charge on any atom is -0.505 e. The Bertz CT molecular complexity index is 1330. The van der Waals surface area contributed by atoms with Gasteiger partial charge < -0.3 is 19.9 Å². The Morgan fingerprint density at radius 3 is 2.24 bits per heavy atom. The summed E-state index contributed by atoms with van der Waals surface area (Å²) in [6, 6.07) is 21.0. The number of ketones is 1. The second-order valence-electron chi connectivity index (χ2n) is 7.44. The Morgan fingerprint density at radius 2 is 1.56 bits per heavy atom. The van der Waals surface area contributed by atoms with E-state index >= 15 is 0 Å². The Hall–Kier alpha value is -4.39. The van der Waals surface area contributed by atoms with Crippen molar-refractivity contribution >= 4 is 22.5 Å². The molecule has 1 heterocycles. The van der Waals surface area contributed by atoms with Gasteiger partial charge in [0.05, 0.1) is 12.0 Å². The van der Waals surface area contributed by atoms with E-state index in [4.69, 9.17) is 9.47 Å². The fraction of sp³-hybridized carbons (Fsp3) is 0.148. The molecular formula is C27H24N2O5. The van der Waals surface area contributed by atoms with Crippen LogP contribution in [0.3, 0.4) is 0 Å². The number of pyridine rings is 1. The van der Waals surface area contributed by atoms with E-state index in [1.54, 1.807) is 61.5 Å². The highest BCUT2D eigenvalue weighted by Crippen LogP contribution is 2.37. The summed E-state index contributed by atoms with van der Waals surface area (Å²) in [7, 11) is 0. The summed E-state index contributed by atoms with van der Waals surface area (Å²) in [5.41, 5.74) is 1.08. The summed E-state index contributed by atoms with van der Waals surface area (Å²) in [4.78, 5) is 29.1. The number of aromatic hydroxyl groups is 1. The van der Waals surface area contributed by atoms with Gasteiger partial charge >= 0.3 is 0 Å². The fourth-order valence-electron chi connectivity index (χ4n) is 3.53. The van der Waals surface area contributed by atoms with Gasteiger partial charge in [-0.15, -0.1) is 0 Å². The quantitative estimate of drug-likeness (QED) is 0.358. The molecule has 4 aromatic rings. The van der Waals surface area contributed by atoms with Crippen molar-refractivity contribution in [2.45, 2.75) is 13.8 Å². The number of aromatic nitrogens is 1. The molecule has 0 saturated heterocycles. The average molecular weight is 456 g/mol. The third-order valence-corrected chi connectivity index (χ3v) is 5.14. The van der Waals surface area contributed by atoms with Crippen LogP contribution < -0.4 is 14.8 Å². The second-order valence-corrected chi connectivity index (χ2v) is 7.44. The fourth-order valence-corrected chi connectivity index (χ4v) is 3.53. The third kappa shape index (κ3) is 4.68. The standard InChI is InChI=1S/C27H24N2O5/c1-3-28-26(32)23-25(31)21-15-14-20(16-22(21)27(29-23)33-4-2)34-19-12-10-18(11-13-19)24(30)17-8-6-5-7-9-17/h5-16,31H,3-4H2,1-2H3,(H,28,32). The van der Waals surface area contributed by atoms with Gasteiger partial charge in [-0.2, -0.15) is 0 Å². The highest BCUT2D eigenvalue weighted by Gasteiger charge is 2.20. The van der Waals surface area contributed by atoms with Crippen LogP contribution in [0.4, 0.5) is 0 Å². The maximum absolute atomic E-state index is 12.6. The molecule has 3 aromatic carbocycles. The van der Waals surface area contributed by atoms with Gasteiger partial charge in [0.25, 0.3) is 5.91 Å². The van der Waals surface area contributed by atoms with E-state index in [9.17, 15) is 14.7 Å². The number of nitrogens with one attached hydrogen (secondary N) is 1. The molecule has 34 heavy (non-hydrogen) atoms. The van der Waals surface area contributed by atoms with Crippen molar-refractivity contribution in [2.75, 3.05) is 13.2 Å². The molecule has 0 aliphatic rings. The lowest BCUT2D eigenvalue weighted by Crippen LogP contribution is -2.24. The van der Waals surface area contributed by atoms with E-state index in [-0.39, 0.29) is 23.1 Å². The van der Waals surface area contributed by atoms with E-state index in [0.29, 0.717) is 46.6 Å². The number of carbonyl (C=O) groups is 2. The zero-order valence-corrected chi connectivity index (χ0v) is 18.9. The van der Waals surface area contributed by atoms with Crippen molar-refractivity contribution in [2.24, 2.45) is 0 Å². The topological polar surface area (TPSA) is 97.8 Å². The smallest absolute Gasteiger partial charge is 0.273 e. The zero-order chi connectivity index (χ0) is 24.1. The molecule has 0 fully saturated rings. The molecule has 0 bridgehead atoms. The molecule has 0 spiro atoms. The van der Waals surface area contributed by atoms with E-state index in [1.807, 2.05) is 25.1 Å². The van der Waals surface area contributed by atoms with E-state index in [1.165, 1.54) is 0 Å².